The van der Waals surface area contributed by atoms with Crippen LogP contribution in [0, 0.1) is 0 Å². The Balaban J connectivity index is 3.36. The third kappa shape index (κ3) is 1.68. The molecule has 8 heteroatoms. The van der Waals surface area contributed by atoms with Gasteiger partial charge < -0.3 is 5.73 Å². The van der Waals surface area contributed by atoms with Crippen molar-refractivity contribution in [1.82, 2.24) is 9.97 Å². The molecule has 0 amide bonds. The molecule has 0 aliphatic rings. The summed E-state index contributed by atoms with van der Waals surface area (Å²) in [5.74, 6) is -0.163. The normalized spacial score (nSPS) is 9.17. The van der Waals surface area contributed by atoms with Crippen LogP contribution in [-0.2, 0) is 0 Å². The number of hydrogen-bond acceptors (Lipinski definition) is 4. The predicted molar refractivity (Wildman–Crippen MR) is 45.3 cm³/mol. The van der Waals surface area contributed by atoms with Crippen LogP contribution in [-0.4, -0.2) is 9.97 Å². The molecule has 0 aliphatic heterocycles. The van der Waals surface area contributed by atoms with Crippen LogP contribution < -0.4 is 5.73 Å². The summed E-state index contributed by atoms with van der Waals surface area (Å²) in [6, 6.07) is 0. The first-order chi connectivity index (χ1) is 5.65. The summed E-state index contributed by atoms with van der Waals surface area (Å²) >= 11 is 11.1. The number of azide groups is 1. The van der Waals surface area contributed by atoms with Crippen LogP contribution in [0.2, 0.25) is 10.2 Å². The first-order valence-electron chi connectivity index (χ1n) is 2.68. The lowest BCUT2D eigenvalue weighted by Gasteiger charge is -1.98. The molecule has 0 fully saturated rings. The third-order valence-electron chi connectivity index (χ3n) is 0.950. The Hall–Kier alpha value is -1.23. The first kappa shape index (κ1) is 8.86. The minimum Gasteiger partial charge on any atom is -0.368 e. The van der Waals surface area contributed by atoms with Crippen molar-refractivity contribution in [3.05, 3.63) is 20.6 Å². The lowest BCUT2D eigenvalue weighted by atomic mass is 10.6. The van der Waals surface area contributed by atoms with Crippen LogP contribution in [0.25, 0.3) is 10.4 Å². The van der Waals surface area contributed by atoms with Crippen molar-refractivity contribution in [2.45, 2.75) is 0 Å². The second kappa shape index (κ2) is 3.44. The van der Waals surface area contributed by atoms with E-state index < -0.39 is 0 Å². The van der Waals surface area contributed by atoms with E-state index in [0.717, 1.165) is 0 Å². The van der Waals surface area contributed by atoms with Crippen LogP contribution >= 0.6 is 23.2 Å². The lowest BCUT2D eigenvalue weighted by Crippen LogP contribution is -1.94. The third-order valence-corrected chi connectivity index (χ3v) is 1.67. The number of rotatable bonds is 1. The van der Waals surface area contributed by atoms with Gasteiger partial charge in [0.2, 0.25) is 5.95 Å². The van der Waals surface area contributed by atoms with Gasteiger partial charge in [0, 0.05) is 4.91 Å². The fraction of sp³-hybridized carbons (Fsp3) is 0. The number of hydrogen-bond donors (Lipinski definition) is 1. The molecule has 6 nitrogen and oxygen atoms in total. The summed E-state index contributed by atoms with van der Waals surface area (Å²) in [7, 11) is 0. The van der Waals surface area contributed by atoms with Crippen molar-refractivity contribution >= 4 is 35.0 Å². The summed E-state index contributed by atoms with van der Waals surface area (Å²) in [5.41, 5.74) is 13.3. The van der Waals surface area contributed by atoms with E-state index in [-0.39, 0.29) is 21.9 Å². The van der Waals surface area contributed by atoms with E-state index >= 15 is 0 Å². The Kier molecular flexibility index (Phi) is 2.54. The molecule has 0 atom stereocenters. The molecule has 0 bridgehead atoms. The highest BCUT2D eigenvalue weighted by Gasteiger charge is 2.07. The molecule has 0 aliphatic carbocycles. The second-order valence-corrected chi connectivity index (χ2v) is 2.44. The number of anilines is 1. The molecule has 0 unspecified atom stereocenters. The van der Waals surface area contributed by atoms with Crippen molar-refractivity contribution in [1.29, 1.82) is 0 Å². The van der Waals surface area contributed by atoms with E-state index in [1.165, 1.54) is 0 Å². The van der Waals surface area contributed by atoms with Crippen LogP contribution in [0.3, 0.4) is 0 Å². The number of nitrogens with zero attached hydrogens (tertiary/aromatic N) is 5. The molecule has 0 radical (unpaired) electrons. The van der Waals surface area contributed by atoms with E-state index in [1.54, 1.807) is 0 Å². The molecule has 0 saturated heterocycles. The van der Waals surface area contributed by atoms with Gasteiger partial charge in [-0.15, -0.1) is 0 Å². The van der Waals surface area contributed by atoms with Gasteiger partial charge in [-0.3, -0.25) is 0 Å². The molecule has 62 valence electrons. The van der Waals surface area contributed by atoms with Gasteiger partial charge in [0.25, 0.3) is 0 Å². The molecule has 1 heterocycles. The maximum Gasteiger partial charge on any atom is 0.221 e. The SMILES string of the molecule is [N-]=[N+]=Nc1nc(N)nc(Cl)c1Cl. The second-order valence-electron chi connectivity index (χ2n) is 1.70. The van der Waals surface area contributed by atoms with Crippen molar-refractivity contribution < 1.29 is 0 Å². The van der Waals surface area contributed by atoms with Crippen molar-refractivity contribution in [3.63, 3.8) is 0 Å². The van der Waals surface area contributed by atoms with Gasteiger partial charge in [-0.1, -0.05) is 23.2 Å². The Morgan fingerprint density at radius 2 is 2.08 bits per heavy atom. The van der Waals surface area contributed by atoms with E-state index in [9.17, 15) is 0 Å². The van der Waals surface area contributed by atoms with Gasteiger partial charge in [0.05, 0.1) is 0 Å². The maximum atomic E-state index is 8.08. The van der Waals surface area contributed by atoms with Gasteiger partial charge in [-0.05, 0) is 10.6 Å². The zero-order chi connectivity index (χ0) is 9.14. The van der Waals surface area contributed by atoms with Gasteiger partial charge >= 0.3 is 0 Å². The van der Waals surface area contributed by atoms with Crippen LogP contribution in [0.15, 0.2) is 5.11 Å². The van der Waals surface area contributed by atoms with E-state index in [0.29, 0.717) is 0 Å². The monoisotopic (exact) mass is 204 g/mol. The van der Waals surface area contributed by atoms with E-state index in [1.807, 2.05) is 0 Å². The highest BCUT2D eigenvalue weighted by molar-refractivity contribution is 6.42. The maximum absolute atomic E-state index is 8.08. The summed E-state index contributed by atoms with van der Waals surface area (Å²) in [4.78, 5) is 9.57. The summed E-state index contributed by atoms with van der Waals surface area (Å²) in [6.07, 6.45) is 0. The highest BCUT2D eigenvalue weighted by atomic mass is 35.5. The Bertz CT molecular complexity index is 357. The molecular weight excluding hydrogens is 203 g/mol. The lowest BCUT2D eigenvalue weighted by molar-refractivity contribution is 1.16. The standard InChI is InChI=1S/C4H2Cl2N6/c5-1-2(6)9-4(7)10-3(1)11-12-8/h(H2,7,9,10). The molecular formula is C4H2Cl2N6. The van der Waals surface area contributed by atoms with Crippen LogP contribution in [0.5, 0.6) is 0 Å². The average molecular weight is 205 g/mol. The molecule has 2 N–H and O–H groups in total. The summed E-state index contributed by atoms with van der Waals surface area (Å²) < 4.78 is 0. The van der Waals surface area contributed by atoms with Gasteiger partial charge in [-0.25, -0.2) is 4.98 Å². The Morgan fingerprint density at radius 1 is 1.42 bits per heavy atom. The van der Waals surface area contributed by atoms with E-state index in [4.69, 9.17) is 34.5 Å². The topological polar surface area (TPSA) is 101 Å². The zero-order valence-corrected chi connectivity index (χ0v) is 7.08. The van der Waals surface area contributed by atoms with Crippen LogP contribution in [0.1, 0.15) is 0 Å². The first-order valence-corrected chi connectivity index (χ1v) is 3.44. The molecule has 0 aromatic carbocycles. The average Bonchev–Trinajstić information content (AvgIpc) is 2.00. The van der Waals surface area contributed by atoms with Gasteiger partial charge in [0.1, 0.15) is 5.02 Å². The Labute approximate surface area is 77.0 Å². The smallest absolute Gasteiger partial charge is 0.221 e. The van der Waals surface area contributed by atoms with E-state index in [2.05, 4.69) is 20.0 Å². The molecule has 0 saturated carbocycles. The quantitative estimate of drug-likeness (QED) is 0.329. The molecule has 0 spiro atoms. The predicted octanol–water partition coefficient (Wildman–Crippen LogP) is 2.31. The van der Waals surface area contributed by atoms with Gasteiger partial charge in [0.15, 0.2) is 11.0 Å². The molecule has 12 heavy (non-hydrogen) atoms. The summed E-state index contributed by atoms with van der Waals surface area (Å²) in [5, 5.41) is 3.11. The number of halogens is 2. The van der Waals surface area contributed by atoms with Gasteiger partial charge in [-0.2, -0.15) is 4.98 Å². The number of nitrogen functional groups attached to an aromatic ring is 1. The van der Waals surface area contributed by atoms with Crippen molar-refractivity contribution in [2.75, 3.05) is 5.73 Å². The highest BCUT2D eigenvalue weighted by Crippen LogP contribution is 2.29. The summed E-state index contributed by atoms with van der Waals surface area (Å²) in [6.45, 7) is 0. The number of aromatic nitrogens is 2. The van der Waals surface area contributed by atoms with Crippen molar-refractivity contribution in [3.8, 4) is 0 Å². The minimum atomic E-state index is -0.0909. The minimum absolute atomic E-state index is 0.0105. The van der Waals surface area contributed by atoms with Crippen molar-refractivity contribution in [2.24, 2.45) is 5.11 Å². The van der Waals surface area contributed by atoms with Crippen LogP contribution in [0.4, 0.5) is 11.8 Å². The molecule has 1 aromatic rings. The fourth-order valence-electron chi connectivity index (χ4n) is 0.533. The zero-order valence-electron chi connectivity index (χ0n) is 5.57. The Morgan fingerprint density at radius 3 is 2.67 bits per heavy atom. The fourth-order valence-corrected chi connectivity index (χ4v) is 0.827. The molecule has 1 rings (SSSR count). The largest absolute Gasteiger partial charge is 0.368 e. The number of nitrogens with two attached hydrogens (primary N) is 1. The molecule has 1 aromatic heterocycles.